The predicted molar refractivity (Wildman–Crippen MR) is 95.2 cm³/mol. The molecule has 0 radical (unpaired) electrons. The molecule has 3 N–H and O–H groups in total. The zero-order chi connectivity index (χ0) is 17.4. The monoisotopic (exact) mass is 328 g/mol. The van der Waals surface area contributed by atoms with E-state index >= 15 is 0 Å². The van der Waals surface area contributed by atoms with Gasteiger partial charge in [0.1, 0.15) is 5.75 Å². The van der Waals surface area contributed by atoms with Crippen LogP contribution in [-0.4, -0.2) is 17.7 Å². The Labute approximate surface area is 142 Å². The first kappa shape index (κ1) is 17.8. The van der Waals surface area contributed by atoms with Gasteiger partial charge in [-0.05, 0) is 42.2 Å². The van der Waals surface area contributed by atoms with Crippen LogP contribution < -0.4 is 15.4 Å². The number of carbonyl (C=O) groups is 1. The number of urea groups is 1. The second-order valence-electron chi connectivity index (χ2n) is 5.58. The van der Waals surface area contributed by atoms with Gasteiger partial charge in [-0.15, -0.1) is 0 Å². The van der Waals surface area contributed by atoms with Gasteiger partial charge in [0.2, 0.25) is 0 Å². The van der Waals surface area contributed by atoms with Crippen LogP contribution in [0.2, 0.25) is 0 Å². The zero-order valence-electron chi connectivity index (χ0n) is 14.1. The van der Waals surface area contributed by atoms with Crippen LogP contribution in [0.15, 0.2) is 42.5 Å². The Balaban J connectivity index is 1.99. The molecule has 2 amide bonds. The Morgan fingerprint density at radius 1 is 1.17 bits per heavy atom. The fraction of sp³-hybridized carbons (Fsp3) is 0.316. The van der Waals surface area contributed by atoms with Crippen LogP contribution in [0.3, 0.4) is 0 Å². The average molecular weight is 328 g/mol. The van der Waals surface area contributed by atoms with Crippen molar-refractivity contribution in [3.63, 3.8) is 0 Å². The molecule has 0 aromatic heterocycles. The highest BCUT2D eigenvalue weighted by Crippen LogP contribution is 2.25. The van der Waals surface area contributed by atoms with Crippen LogP contribution in [0.1, 0.15) is 30.0 Å². The summed E-state index contributed by atoms with van der Waals surface area (Å²) in [6.45, 7) is 4.92. The van der Waals surface area contributed by atoms with Crippen LogP contribution in [0.25, 0.3) is 0 Å². The summed E-state index contributed by atoms with van der Waals surface area (Å²) in [6, 6.07) is 12.8. The van der Waals surface area contributed by atoms with Crippen LogP contribution >= 0.6 is 0 Å². The van der Waals surface area contributed by atoms with Crippen LogP contribution in [0, 0.1) is 6.92 Å². The normalized spacial score (nSPS) is 10.3. The predicted octanol–water partition coefficient (Wildman–Crippen LogP) is 3.60. The summed E-state index contributed by atoms with van der Waals surface area (Å²) in [6.07, 6.45) is 0.900. The highest BCUT2D eigenvalue weighted by Gasteiger charge is 2.09. The van der Waals surface area contributed by atoms with Gasteiger partial charge in [0.15, 0.2) is 0 Å². The summed E-state index contributed by atoms with van der Waals surface area (Å²) >= 11 is 0. The number of aryl methyl sites for hydroxylation is 1. The highest BCUT2D eigenvalue weighted by atomic mass is 16.5. The Morgan fingerprint density at radius 2 is 1.92 bits per heavy atom. The van der Waals surface area contributed by atoms with Crippen molar-refractivity contribution in [3.05, 3.63) is 59.2 Å². The van der Waals surface area contributed by atoms with E-state index in [0.29, 0.717) is 24.6 Å². The molecule has 0 aliphatic carbocycles. The molecule has 0 heterocycles. The van der Waals surface area contributed by atoms with E-state index in [2.05, 4.69) is 10.6 Å². The third kappa shape index (κ3) is 4.99. The van der Waals surface area contributed by atoms with E-state index in [-0.39, 0.29) is 12.6 Å². The van der Waals surface area contributed by atoms with Crippen molar-refractivity contribution in [1.82, 2.24) is 5.32 Å². The molecular weight excluding hydrogens is 304 g/mol. The molecule has 0 aliphatic heterocycles. The maximum absolute atomic E-state index is 12.2. The van der Waals surface area contributed by atoms with E-state index in [1.807, 2.05) is 56.3 Å². The second kappa shape index (κ2) is 8.93. The van der Waals surface area contributed by atoms with Crippen molar-refractivity contribution in [1.29, 1.82) is 0 Å². The van der Waals surface area contributed by atoms with Crippen LogP contribution in [-0.2, 0) is 13.2 Å². The number of hydrogen-bond donors (Lipinski definition) is 3. The van der Waals surface area contributed by atoms with Crippen molar-refractivity contribution < 1.29 is 14.6 Å². The van der Waals surface area contributed by atoms with Crippen molar-refractivity contribution in [3.8, 4) is 5.75 Å². The third-order valence-electron chi connectivity index (χ3n) is 3.58. The van der Waals surface area contributed by atoms with Gasteiger partial charge in [-0.3, -0.25) is 0 Å². The van der Waals surface area contributed by atoms with Crippen molar-refractivity contribution >= 4 is 11.7 Å². The van der Waals surface area contributed by atoms with E-state index in [4.69, 9.17) is 4.74 Å². The van der Waals surface area contributed by atoms with Gasteiger partial charge < -0.3 is 20.5 Å². The van der Waals surface area contributed by atoms with Gasteiger partial charge in [0.25, 0.3) is 0 Å². The quantitative estimate of drug-likeness (QED) is 0.727. The molecule has 2 aromatic rings. The summed E-state index contributed by atoms with van der Waals surface area (Å²) in [5.41, 5.74) is 3.41. The number of nitrogens with one attached hydrogen (secondary N) is 2. The van der Waals surface area contributed by atoms with Crippen LogP contribution in [0.4, 0.5) is 10.5 Å². The van der Waals surface area contributed by atoms with Crippen molar-refractivity contribution in [2.24, 2.45) is 0 Å². The minimum Gasteiger partial charge on any atom is -0.491 e. The Morgan fingerprint density at radius 3 is 2.62 bits per heavy atom. The number of ether oxygens (including phenoxy) is 1. The van der Waals surface area contributed by atoms with E-state index in [9.17, 15) is 9.90 Å². The van der Waals surface area contributed by atoms with Gasteiger partial charge in [0, 0.05) is 6.54 Å². The molecule has 24 heavy (non-hydrogen) atoms. The lowest BCUT2D eigenvalue weighted by Gasteiger charge is -2.14. The molecule has 2 rings (SSSR count). The fourth-order valence-corrected chi connectivity index (χ4v) is 2.29. The topological polar surface area (TPSA) is 70.6 Å². The minimum atomic E-state index is -0.312. The molecule has 0 saturated carbocycles. The van der Waals surface area contributed by atoms with Gasteiger partial charge in [-0.25, -0.2) is 4.79 Å². The number of benzene rings is 2. The van der Waals surface area contributed by atoms with Gasteiger partial charge in [0.05, 0.1) is 18.9 Å². The first-order chi connectivity index (χ1) is 11.6. The summed E-state index contributed by atoms with van der Waals surface area (Å²) in [5.74, 6) is 0.669. The molecular formula is C19H24N2O3. The minimum absolute atomic E-state index is 0.0492. The standard InChI is InChI=1S/C19H24N2O3/c1-3-10-24-18-11-14(2)8-9-17(18)21-19(23)20-12-15-6-4-5-7-16(15)13-22/h4-9,11,22H,3,10,12-13H2,1-2H3,(H2,20,21,23). The number of hydrogen-bond acceptors (Lipinski definition) is 3. The maximum atomic E-state index is 12.2. The number of anilines is 1. The lowest BCUT2D eigenvalue weighted by atomic mass is 10.1. The molecule has 0 aliphatic rings. The van der Waals surface area contributed by atoms with Gasteiger partial charge >= 0.3 is 6.03 Å². The number of rotatable bonds is 7. The molecule has 0 saturated heterocycles. The lowest BCUT2D eigenvalue weighted by molar-refractivity contribution is 0.251. The second-order valence-corrected chi connectivity index (χ2v) is 5.58. The highest BCUT2D eigenvalue weighted by molar-refractivity contribution is 5.91. The lowest BCUT2D eigenvalue weighted by Crippen LogP contribution is -2.28. The van der Waals surface area contributed by atoms with Crippen LogP contribution in [0.5, 0.6) is 5.75 Å². The molecule has 0 unspecified atom stereocenters. The summed E-state index contributed by atoms with van der Waals surface area (Å²) in [4.78, 5) is 12.2. The molecule has 128 valence electrons. The first-order valence-corrected chi connectivity index (χ1v) is 8.10. The first-order valence-electron chi connectivity index (χ1n) is 8.10. The summed E-state index contributed by atoms with van der Waals surface area (Å²) in [7, 11) is 0. The molecule has 0 bridgehead atoms. The number of aliphatic hydroxyl groups excluding tert-OH is 1. The van der Waals surface area contributed by atoms with Gasteiger partial charge in [-0.1, -0.05) is 37.3 Å². The van der Waals surface area contributed by atoms with E-state index in [1.165, 1.54) is 0 Å². The molecule has 5 nitrogen and oxygen atoms in total. The molecule has 0 atom stereocenters. The summed E-state index contributed by atoms with van der Waals surface area (Å²) in [5, 5.41) is 14.9. The number of carbonyl (C=O) groups excluding carboxylic acids is 1. The molecule has 5 heteroatoms. The number of amides is 2. The smallest absolute Gasteiger partial charge is 0.319 e. The van der Waals surface area contributed by atoms with Crippen molar-refractivity contribution in [2.45, 2.75) is 33.4 Å². The fourth-order valence-electron chi connectivity index (χ4n) is 2.29. The average Bonchev–Trinajstić information content (AvgIpc) is 2.60. The largest absolute Gasteiger partial charge is 0.491 e. The SMILES string of the molecule is CCCOc1cc(C)ccc1NC(=O)NCc1ccccc1CO. The Bertz CT molecular complexity index is 686. The molecule has 0 fully saturated rings. The molecule has 2 aromatic carbocycles. The van der Waals surface area contributed by atoms with E-state index in [1.54, 1.807) is 0 Å². The van der Waals surface area contributed by atoms with Crippen molar-refractivity contribution in [2.75, 3.05) is 11.9 Å². The number of aliphatic hydroxyl groups is 1. The maximum Gasteiger partial charge on any atom is 0.319 e. The van der Waals surface area contributed by atoms with Gasteiger partial charge in [-0.2, -0.15) is 0 Å². The summed E-state index contributed by atoms with van der Waals surface area (Å²) < 4.78 is 5.69. The Hall–Kier alpha value is -2.53. The van der Waals surface area contributed by atoms with E-state index < -0.39 is 0 Å². The molecule has 0 spiro atoms. The Kier molecular flexibility index (Phi) is 6.63. The third-order valence-corrected chi connectivity index (χ3v) is 3.58. The zero-order valence-corrected chi connectivity index (χ0v) is 14.1. The van der Waals surface area contributed by atoms with E-state index in [0.717, 1.165) is 23.1 Å².